The van der Waals surface area contributed by atoms with Gasteiger partial charge >= 0.3 is 6.03 Å². The van der Waals surface area contributed by atoms with E-state index in [0.29, 0.717) is 17.1 Å². The minimum Gasteiger partial charge on any atom is -0.336 e. The molecule has 2 amide bonds. The Morgan fingerprint density at radius 1 is 1.12 bits per heavy atom. The molecule has 0 unspecified atom stereocenters. The van der Waals surface area contributed by atoms with Crippen molar-refractivity contribution in [3.8, 4) is 0 Å². The summed E-state index contributed by atoms with van der Waals surface area (Å²) in [4.78, 5) is 16.5. The van der Waals surface area contributed by atoms with E-state index in [-0.39, 0.29) is 0 Å². The summed E-state index contributed by atoms with van der Waals surface area (Å²) >= 11 is 0. The summed E-state index contributed by atoms with van der Waals surface area (Å²) in [5.74, 6) is -0.361. The lowest BCUT2D eigenvalue weighted by Gasteiger charge is -2.20. The summed E-state index contributed by atoms with van der Waals surface area (Å²) in [6.45, 7) is 0. The minimum absolute atomic E-state index is 0.297. The zero-order valence-corrected chi connectivity index (χ0v) is 13.4. The van der Waals surface area contributed by atoms with Crippen LogP contribution in [0.2, 0.25) is 0 Å². The molecule has 2 aromatic carbocycles. The normalized spacial score (nSPS) is 11.8. The molecule has 0 bridgehead atoms. The van der Waals surface area contributed by atoms with Crippen LogP contribution in [0.4, 0.5) is 19.3 Å². The van der Waals surface area contributed by atoms with Gasteiger partial charge in [0.25, 0.3) is 0 Å². The van der Waals surface area contributed by atoms with Gasteiger partial charge in [-0.05, 0) is 30.3 Å². The van der Waals surface area contributed by atoms with E-state index in [2.05, 4.69) is 15.6 Å². The Morgan fingerprint density at radius 3 is 2.48 bits per heavy atom. The van der Waals surface area contributed by atoms with Gasteiger partial charge in [-0.15, -0.1) is 0 Å². The second-order valence-electron chi connectivity index (χ2n) is 5.46. The molecule has 1 atom stereocenters. The predicted octanol–water partition coefficient (Wildman–Crippen LogP) is 3.61. The first-order chi connectivity index (χ1) is 12.0. The number of anilines is 1. The van der Waals surface area contributed by atoms with E-state index >= 15 is 0 Å². The van der Waals surface area contributed by atoms with Crippen LogP contribution in [-0.2, 0) is 7.05 Å². The second-order valence-corrected chi connectivity index (χ2v) is 5.46. The Bertz CT molecular complexity index is 877. The molecular formula is C18H16F2N4O. The maximum Gasteiger partial charge on any atom is 0.320 e. The fraction of sp³-hybridized carbons (Fsp3) is 0.111. The number of hydrogen-bond donors (Lipinski definition) is 2. The molecule has 5 nitrogen and oxygen atoms in total. The largest absolute Gasteiger partial charge is 0.336 e. The van der Waals surface area contributed by atoms with Gasteiger partial charge in [-0.3, -0.25) is 0 Å². The van der Waals surface area contributed by atoms with Gasteiger partial charge in [0.1, 0.15) is 23.5 Å². The fourth-order valence-corrected chi connectivity index (χ4v) is 2.48. The van der Waals surface area contributed by atoms with Crippen molar-refractivity contribution in [3.63, 3.8) is 0 Å². The molecule has 0 aliphatic heterocycles. The van der Waals surface area contributed by atoms with Crippen molar-refractivity contribution in [2.45, 2.75) is 6.04 Å². The van der Waals surface area contributed by atoms with Crippen molar-refractivity contribution < 1.29 is 13.6 Å². The number of nitrogens with one attached hydrogen (secondary N) is 2. The van der Waals surface area contributed by atoms with Crippen molar-refractivity contribution in [3.05, 3.63) is 83.9 Å². The number of carbonyl (C=O) groups excluding carboxylic acids is 1. The average Bonchev–Trinajstić information content (AvgIpc) is 3.01. The average molecular weight is 342 g/mol. The zero-order valence-electron chi connectivity index (χ0n) is 13.4. The van der Waals surface area contributed by atoms with Gasteiger partial charge in [-0.1, -0.05) is 18.2 Å². The molecule has 0 radical (unpaired) electrons. The van der Waals surface area contributed by atoms with Crippen LogP contribution < -0.4 is 10.6 Å². The highest BCUT2D eigenvalue weighted by atomic mass is 19.1. The topological polar surface area (TPSA) is 59.0 Å². The molecule has 0 spiro atoms. The van der Waals surface area contributed by atoms with E-state index in [1.54, 1.807) is 42.2 Å². The lowest BCUT2D eigenvalue weighted by atomic mass is 10.1. The van der Waals surface area contributed by atoms with E-state index in [9.17, 15) is 13.6 Å². The van der Waals surface area contributed by atoms with Crippen LogP contribution in [0, 0.1) is 11.6 Å². The maximum absolute atomic E-state index is 14.2. The van der Waals surface area contributed by atoms with Gasteiger partial charge < -0.3 is 15.2 Å². The van der Waals surface area contributed by atoms with Crippen molar-refractivity contribution in [1.82, 2.24) is 14.9 Å². The Kier molecular flexibility index (Phi) is 4.74. The van der Waals surface area contributed by atoms with Gasteiger partial charge in [0.05, 0.1) is 0 Å². The summed E-state index contributed by atoms with van der Waals surface area (Å²) in [6, 6.07) is 10.2. The monoisotopic (exact) mass is 342 g/mol. The van der Waals surface area contributed by atoms with Crippen LogP contribution >= 0.6 is 0 Å². The number of imidazole rings is 1. The van der Waals surface area contributed by atoms with Gasteiger partial charge in [0.15, 0.2) is 0 Å². The van der Waals surface area contributed by atoms with Gasteiger partial charge in [0.2, 0.25) is 0 Å². The number of hydrogen-bond acceptors (Lipinski definition) is 2. The molecule has 1 aromatic heterocycles. The molecule has 0 aliphatic carbocycles. The highest BCUT2D eigenvalue weighted by Gasteiger charge is 2.23. The van der Waals surface area contributed by atoms with Crippen molar-refractivity contribution in [2.24, 2.45) is 7.05 Å². The number of carbonyl (C=O) groups is 1. The van der Waals surface area contributed by atoms with E-state index < -0.39 is 23.7 Å². The molecule has 0 saturated carbocycles. The number of rotatable bonds is 4. The first-order valence-electron chi connectivity index (χ1n) is 7.59. The standard InChI is InChI=1S/C18H16F2N4O/c1-24-11-10-21-17(24)16(14-4-2-3-5-15(14)20)23-18(25)22-13-8-6-12(19)7-9-13/h2-11,16H,1H3,(H2,22,23,25)/t16-/m0/s1. The van der Waals surface area contributed by atoms with Gasteiger partial charge in [-0.25, -0.2) is 18.6 Å². The summed E-state index contributed by atoms with van der Waals surface area (Å²) < 4.78 is 28.9. The number of amides is 2. The summed E-state index contributed by atoms with van der Waals surface area (Å²) in [5.41, 5.74) is 0.720. The number of nitrogens with zero attached hydrogens (tertiary/aromatic N) is 2. The molecule has 7 heteroatoms. The molecule has 0 saturated heterocycles. The first-order valence-corrected chi connectivity index (χ1v) is 7.59. The van der Waals surface area contributed by atoms with Crippen LogP contribution in [0.15, 0.2) is 60.9 Å². The lowest BCUT2D eigenvalue weighted by Crippen LogP contribution is -2.35. The minimum atomic E-state index is -0.776. The molecule has 0 fully saturated rings. The Labute approximate surface area is 143 Å². The third-order valence-corrected chi connectivity index (χ3v) is 3.71. The highest BCUT2D eigenvalue weighted by molar-refractivity contribution is 5.89. The highest BCUT2D eigenvalue weighted by Crippen LogP contribution is 2.23. The number of aryl methyl sites for hydroxylation is 1. The number of aromatic nitrogens is 2. The van der Waals surface area contributed by atoms with E-state index in [4.69, 9.17) is 0 Å². The molecule has 2 N–H and O–H groups in total. The molecular weight excluding hydrogens is 326 g/mol. The van der Waals surface area contributed by atoms with Crippen LogP contribution in [0.1, 0.15) is 17.4 Å². The molecule has 25 heavy (non-hydrogen) atoms. The molecule has 1 heterocycles. The quantitative estimate of drug-likeness (QED) is 0.761. The Morgan fingerprint density at radius 2 is 1.84 bits per heavy atom. The fourth-order valence-electron chi connectivity index (χ4n) is 2.48. The van der Waals surface area contributed by atoms with E-state index in [0.717, 1.165) is 0 Å². The number of halogens is 2. The molecule has 128 valence electrons. The van der Waals surface area contributed by atoms with E-state index in [1.807, 2.05) is 0 Å². The van der Waals surface area contributed by atoms with Crippen molar-refractivity contribution in [1.29, 1.82) is 0 Å². The van der Waals surface area contributed by atoms with Crippen LogP contribution in [0.3, 0.4) is 0 Å². The SMILES string of the molecule is Cn1ccnc1[C@@H](NC(=O)Nc1ccc(F)cc1)c1ccccc1F. The second kappa shape index (κ2) is 7.12. The number of benzene rings is 2. The summed E-state index contributed by atoms with van der Waals surface area (Å²) in [6.07, 6.45) is 3.28. The first kappa shape index (κ1) is 16.6. The summed E-state index contributed by atoms with van der Waals surface area (Å²) in [7, 11) is 1.76. The van der Waals surface area contributed by atoms with Crippen molar-refractivity contribution in [2.75, 3.05) is 5.32 Å². The number of urea groups is 1. The van der Waals surface area contributed by atoms with Crippen LogP contribution in [0.25, 0.3) is 0 Å². The molecule has 3 rings (SSSR count). The smallest absolute Gasteiger partial charge is 0.320 e. The summed E-state index contributed by atoms with van der Waals surface area (Å²) in [5, 5.41) is 5.31. The molecule has 3 aromatic rings. The molecule has 0 aliphatic rings. The maximum atomic E-state index is 14.2. The van der Waals surface area contributed by atoms with Gasteiger partial charge in [-0.2, -0.15) is 0 Å². The van der Waals surface area contributed by atoms with E-state index in [1.165, 1.54) is 30.3 Å². The van der Waals surface area contributed by atoms with Crippen LogP contribution in [0.5, 0.6) is 0 Å². The third-order valence-electron chi connectivity index (χ3n) is 3.71. The van der Waals surface area contributed by atoms with Crippen LogP contribution in [-0.4, -0.2) is 15.6 Å². The third kappa shape index (κ3) is 3.82. The Hall–Kier alpha value is -3.22. The Balaban J connectivity index is 1.85. The zero-order chi connectivity index (χ0) is 17.8. The van der Waals surface area contributed by atoms with Crippen molar-refractivity contribution >= 4 is 11.7 Å². The van der Waals surface area contributed by atoms with Gasteiger partial charge in [0, 0.05) is 30.7 Å². The lowest BCUT2D eigenvalue weighted by molar-refractivity contribution is 0.249. The predicted molar refractivity (Wildman–Crippen MR) is 90.0 cm³/mol.